The van der Waals surface area contributed by atoms with Gasteiger partial charge in [0.1, 0.15) is 5.82 Å². The number of nitrogens with one attached hydrogen (secondary N) is 2. The van der Waals surface area contributed by atoms with Gasteiger partial charge in [0.15, 0.2) is 4.90 Å². The number of H-pyrrole nitrogens is 2. The van der Waals surface area contributed by atoms with Gasteiger partial charge in [0.25, 0.3) is 5.56 Å². The molecule has 9 nitrogen and oxygen atoms in total. The van der Waals surface area contributed by atoms with Crippen molar-refractivity contribution in [1.82, 2.24) is 23.8 Å². The molecule has 1 saturated heterocycles. The number of unbranched alkanes of at least 4 members (excludes halogenated alkanes) is 1. The number of piperidine rings is 1. The van der Waals surface area contributed by atoms with E-state index in [1.165, 1.54) is 4.31 Å². The molecule has 0 aromatic carbocycles. The highest BCUT2D eigenvalue weighted by atomic mass is 32.2. The van der Waals surface area contributed by atoms with Crippen LogP contribution in [-0.4, -0.2) is 45.3 Å². The Morgan fingerprint density at radius 1 is 1.35 bits per heavy atom. The van der Waals surface area contributed by atoms with Crippen LogP contribution in [0, 0.1) is 0 Å². The van der Waals surface area contributed by atoms with E-state index in [-0.39, 0.29) is 12.5 Å². The summed E-state index contributed by atoms with van der Waals surface area (Å²) in [7, 11) is -3.98. The minimum Gasteiger partial charge on any atom is -0.335 e. The third-order valence-electron chi connectivity index (χ3n) is 4.65. The zero-order valence-corrected chi connectivity index (χ0v) is 15.5. The van der Waals surface area contributed by atoms with Crippen molar-refractivity contribution in [3.05, 3.63) is 45.3 Å². The Bertz CT molecular complexity index is 975. The van der Waals surface area contributed by atoms with Crippen LogP contribution in [0.4, 0.5) is 0 Å². The van der Waals surface area contributed by atoms with Crippen molar-refractivity contribution in [2.24, 2.45) is 0 Å². The molecule has 0 aliphatic carbocycles. The van der Waals surface area contributed by atoms with Crippen LogP contribution < -0.4 is 11.2 Å². The van der Waals surface area contributed by atoms with E-state index in [0.717, 1.165) is 37.8 Å². The zero-order valence-electron chi connectivity index (χ0n) is 14.6. The fraction of sp³-hybridized carbons (Fsp3) is 0.562. The second-order valence-corrected chi connectivity index (χ2v) is 8.38. The van der Waals surface area contributed by atoms with Gasteiger partial charge in [0.05, 0.1) is 0 Å². The summed E-state index contributed by atoms with van der Waals surface area (Å²) < 4.78 is 29.1. The van der Waals surface area contributed by atoms with E-state index < -0.39 is 26.2 Å². The monoisotopic (exact) mass is 381 g/mol. The molecule has 0 amide bonds. The first-order valence-electron chi connectivity index (χ1n) is 8.76. The predicted molar refractivity (Wildman–Crippen MR) is 95.6 cm³/mol. The summed E-state index contributed by atoms with van der Waals surface area (Å²) in [6, 6.07) is 0. The maximum absolute atomic E-state index is 12.8. The first-order chi connectivity index (χ1) is 12.4. The van der Waals surface area contributed by atoms with E-state index in [2.05, 4.69) is 21.5 Å². The molecule has 3 rings (SSSR count). The number of nitrogens with zero attached hydrogens (tertiary/aromatic N) is 3. The van der Waals surface area contributed by atoms with Crippen LogP contribution in [0.1, 0.15) is 44.3 Å². The van der Waals surface area contributed by atoms with Crippen molar-refractivity contribution in [2.45, 2.75) is 50.0 Å². The fourth-order valence-electron chi connectivity index (χ4n) is 3.30. The molecule has 0 bridgehead atoms. The number of aromatic amines is 2. The molecule has 1 aliphatic rings. The SMILES string of the molecule is CCCCn1ccnc1C1CCCN(S(=O)(=O)c2c[nH]c(=O)[nH]c2=O)C1. The van der Waals surface area contributed by atoms with Crippen LogP contribution >= 0.6 is 0 Å². The average molecular weight is 381 g/mol. The second-order valence-electron chi connectivity index (χ2n) is 6.47. The minimum absolute atomic E-state index is 0.0211. The Labute approximate surface area is 151 Å². The smallest absolute Gasteiger partial charge is 0.325 e. The van der Waals surface area contributed by atoms with Crippen molar-refractivity contribution in [2.75, 3.05) is 13.1 Å². The van der Waals surface area contributed by atoms with E-state index >= 15 is 0 Å². The van der Waals surface area contributed by atoms with Gasteiger partial charge in [-0.3, -0.25) is 9.78 Å². The number of hydrogen-bond donors (Lipinski definition) is 2. The first-order valence-corrected chi connectivity index (χ1v) is 10.2. The summed E-state index contributed by atoms with van der Waals surface area (Å²) in [5.41, 5.74) is -1.64. The minimum atomic E-state index is -3.98. The van der Waals surface area contributed by atoms with Gasteiger partial charge in [-0.15, -0.1) is 0 Å². The molecule has 1 atom stereocenters. The van der Waals surface area contributed by atoms with Crippen LogP contribution in [0.3, 0.4) is 0 Å². The molecule has 26 heavy (non-hydrogen) atoms. The third-order valence-corrected chi connectivity index (χ3v) is 6.52. The second kappa shape index (κ2) is 7.58. The van der Waals surface area contributed by atoms with E-state index in [9.17, 15) is 18.0 Å². The molecule has 3 heterocycles. The van der Waals surface area contributed by atoms with Gasteiger partial charge >= 0.3 is 5.69 Å². The summed E-state index contributed by atoms with van der Waals surface area (Å²) in [5.74, 6) is 0.862. The van der Waals surface area contributed by atoms with Gasteiger partial charge in [-0.25, -0.2) is 18.2 Å². The topological polar surface area (TPSA) is 121 Å². The highest BCUT2D eigenvalue weighted by molar-refractivity contribution is 7.89. The number of sulfonamides is 1. The maximum Gasteiger partial charge on any atom is 0.325 e. The van der Waals surface area contributed by atoms with Crippen molar-refractivity contribution < 1.29 is 8.42 Å². The van der Waals surface area contributed by atoms with Crippen LogP contribution in [-0.2, 0) is 16.6 Å². The summed E-state index contributed by atoms with van der Waals surface area (Å²) in [4.78, 5) is 31.2. The van der Waals surface area contributed by atoms with Gasteiger partial charge in [0.2, 0.25) is 10.0 Å². The Balaban J connectivity index is 1.85. The molecule has 10 heteroatoms. The fourth-order valence-corrected chi connectivity index (χ4v) is 4.81. The summed E-state index contributed by atoms with van der Waals surface area (Å²) in [6.45, 7) is 3.58. The Kier molecular flexibility index (Phi) is 5.42. The van der Waals surface area contributed by atoms with Crippen LogP contribution in [0.2, 0.25) is 0 Å². The van der Waals surface area contributed by atoms with Crippen molar-refractivity contribution in [3.63, 3.8) is 0 Å². The normalized spacial score (nSPS) is 18.9. The van der Waals surface area contributed by atoms with E-state index in [4.69, 9.17) is 0 Å². The lowest BCUT2D eigenvalue weighted by molar-refractivity contribution is 0.304. The Morgan fingerprint density at radius 2 is 2.15 bits per heavy atom. The molecule has 1 unspecified atom stereocenters. The Hall–Kier alpha value is -2.20. The Morgan fingerprint density at radius 3 is 2.88 bits per heavy atom. The molecule has 0 spiro atoms. The molecule has 2 aromatic heterocycles. The highest BCUT2D eigenvalue weighted by Crippen LogP contribution is 2.28. The van der Waals surface area contributed by atoms with Crippen molar-refractivity contribution >= 4 is 10.0 Å². The molecule has 0 radical (unpaired) electrons. The molecule has 1 aliphatic heterocycles. The lowest BCUT2D eigenvalue weighted by Gasteiger charge is -2.31. The maximum atomic E-state index is 12.8. The van der Waals surface area contributed by atoms with Gasteiger partial charge in [0, 0.05) is 44.1 Å². The largest absolute Gasteiger partial charge is 0.335 e. The van der Waals surface area contributed by atoms with E-state index in [1.54, 1.807) is 6.20 Å². The standard InChI is InChI=1S/C16H23N5O4S/c1-2-3-7-20-9-6-17-14(20)12-5-4-8-21(11-12)26(24,25)13-10-18-16(23)19-15(13)22/h6,9-10,12H,2-5,7-8,11H2,1H3,(H2,18,19,22,23). The zero-order chi connectivity index (χ0) is 18.7. The average Bonchev–Trinajstić information content (AvgIpc) is 3.08. The number of imidazole rings is 1. The lowest BCUT2D eigenvalue weighted by Crippen LogP contribution is -2.42. The van der Waals surface area contributed by atoms with Crippen molar-refractivity contribution in [3.8, 4) is 0 Å². The van der Waals surface area contributed by atoms with Crippen molar-refractivity contribution in [1.29, 1.82) is 0 Å². The number of aryl methyl sites for hydroxylation is 1. The molecule has 2 N–H and O–H groups in total. The van der Waals surface area contributed by atoms with E-state index in [0.29, 0.717) is 13.0 Å². The molecule has 0 saturated carbocycles. The number of aromatic nitrogens is 4. The third kappa shape index (κ3) is 3.65. The molecule has 2 aromatic rings. The first kappa shape index (κ1) is 18.6. The molecular formula is C16H23N5O4S. The van der Waals surface area contributed by atoms with Gasteiger partial charge in [-0.1, -0.05) is 13.3 Å². The molecule has 1 fully saturated rings. The van der Waals surface area contributed by atoms with Gasteiger partial charge in [-0.2, -0.15) is 4.31 Å². The quantitative estimate of drug-likeness (QED) is 0.760. The molecular weight excluding hydrogens is 358 g/mol. The summed E-state index contributed by atoms with van der Waals surface area (Å²) in [5, 5.41) is 0. The number of hydrogen-bond acceptors (Lipinski definition) is 5. The highest BCUT2D eigenvalue weighted by Gasteiger charge is 2.34. The number of rotatable bonds is 6. The van der Waals surface area contributed by atoms with E-state index in [1.807, 2.05) is 11.2 Å². The van der Waals surface area contributed by atoms with Gasteiger partial charge < -0.3 is 9.55 Å². The van der Waals surface area contributed by atoms with Gasteiger partial charge in [-0.05, 0) is 19.3 Å². The predicted octanol–water partition coefficient (Wildman–Crippen LogP) is 0.628. The lowest BCUT2D eigenvalue weighted by atomic mass is 9.99. The van der Waals surface area contributed by atoms with Crippen LogP contribution in [0.15, 0.2) is 33.1 Å². The summed E-state index contributed by atoms with van der Waals surface area (Å²) in [6.07, 6.45) is 8.25. The van der Waals surface area contributed by atoms with Crippen LogP contribution in [0.5, 0.6) is 0 Å². The summed E-state index contributed by atoms with van der Waals surface area (Å²) >= 11 is 0. The van der Waals surface area contributed by atoms with Crippen LogP contribution in [0.25, 0.3) is 0 Å². The molecule has 142 valence electrons.